The fraction of sp³-hybridized carbons (Fsp3) is 0. The molecule has 3 rings (SSSR count). The van der Waals surface area contributed by atoms with Gasteiger partial charge in [0.25, 0.3) is 0 Å². The first-order valence-corrected chi connectivity index (χ1v) is 5.85. The maximum Gasteiger partial charge on any atom is 0.222 e. The van der Waals surface area contributed by atoms with Gasteiger partial charge in [-0.2, -0.15) is 10.1 Å². The molecule has 0 radical (unpaired) electrons. The molecule has 0 saturated carbocycles. The van der Waals surface area contributed by atoms with E-state index in [-0.39, 0.29) is 0 Å². The highest BCUT2D eigenvalue weighted by atomic mass is 79.9. The molecule has 0 bridgehead atoms. The number of hydrogen-bond donors (Lipinski definition) is 0. The minimum Gasteiger partial charge on any atom is -0.438 e. The van der Waals surface area contributed by atoms with Crippen LogP contribution in [0.2, 0.25) is 0 Å². The highest BCUT2D eigenvalue weighted by Gasteiger charge is 2.03. The first-order chi connectivity index (χ1) is 8.33. The van der Waals surface area contributed by atoms with Gasteiger partial charge >= 0.3 is 0 Å². The lowest BCUT2D eigenvalue weighted by atomic mass is 10.3. The van der Waals surface area contributed by atoms with Gasteiger partial charge in [0, 0.05) is 18.3 Å². The molecule has 0 unspecified atom stereocenters. The summed E-state index contributed by atoms with van der Waals surface area (Å²) in [7, 11) is 0. The Morgan fingerprint density at radius 1 is 1.12 bits per heavy atom. The van der Waals surface area contributed by atoms with Gasteiger partial charge in [0.2, 0.25) is 5.88 Å². The summed E-state index contributed by atoms with van der Waals surface area (Å²) in [5.74, 6) is 1.29. The fourth-order valence-corrected chi connectivity index (χ4v) is 1.86. The lowest BCUT2D eigenvalue weighted by molar-refractivity contribution is 0.460. The minimum absolute atomic E-state index is 0.546. The second-order valence-corrected chi connectivity index (χ2v) is 4.29. The quantitative estimate of drug-likeness (QED) is 0.727. The van der Waals surface area contributed by atoms with Gasteiger partial charge in [0.1, 0.15) is 5.75 Å². The smallest absolute Gasteiger partial charge is 0.222 e. The summed E-state index contributed by atoms with van der Waals surface area (Å²) in [6, 6.07) is 11.3. The van der Waals surface area contributed by atoms with Gasteiger partial charge in [-0.1, -0.05) is 12.1 Å². The first kappa shape index (κ1) is 10.3. The van der Waals surface area contributed by atoms with E-state index < -0.39 is 0 Å². The Hall–Kier alpha value is -1.88. The van der Waals surface area contributed by atoms with Crippen LogP contribution in [0.1, 0.15) is 0 Å². The van der Waals surface area contributed by atoms with Crippen molar-refractivity contribution >= 4 is 21.6 Å². The van der Waals surface area contributed by atoms with Gasteiger partial charge in [0.05, 0.1) is 10.7 Å². The maximum absolute atomic E-state index is 5.69. The summed E-state index contributed by atoms with van der Waals surface area (Å²) in [4.78, 5) is 4.33. The van der Waals surface area contributed by atoms with Crippen LogP contribution in [0.25, 0.3) is 5.65 Å². The summed E-state index contributed by atoms with van der Waals surface area (Å²) in [5.41, 5.74) is 0.759. The number of aromatic nitrogens is 3. The monoisotopic (exact) mass is 289 g/mol. The number of benzene rings is 1. The van der Waals surface area contributed by atoms with Crippen LogP contribution in [0.15, 0.2) is 53.3 Å². The maximum atomic E-state index is 5.69. The van der Waals surface area contributed by atoms with Crippen LogP contribution in [0.5, 0.6) is 11.6 Å². The van der Waals surface area contributed by atoms with Gasteiger partial charge in [-0.25, -0.2) is 4.52 Å². The summed E-state index contributed by atoms with van der Waals surface area (Å²) >= 11 is 3.43. The van der Waals surface area contributed by atoms with E-state index in [4.69, 9.17) is 4.74 Å². The number of halogens is 1. The lowest BCUT2D eigenvalue weighted by Crippen LogP contribution is -1.93. The summed E-state index contributed by atoms with van der Waals surface area (Å²) in [5, 5.41) is 4.07. The van der Waals surface area contributed by atoms with Crippen molar-refractivity contribution in [3.63, 3.8) is 0 Å². The second-order valence-electron chi connectivity index (χ2n) is 3.43. The zero-order valence-electron chi connectivity index (χ0n) is 8.75. The third-order valence-corrected chi connectivity index (χ3v) is 2.94. The van der Waals surface area contributed by atoms with Crippen molar-refractivity contribution in [3.05, 3.63) is 53.3 Å². The molecule has 2 heterocycles. The Morgan fingerprint density at radius 2 is 2.00 bits per heavy atom. The SMILES string of the molecule is Brc1ccccc1Oc1ccn2nccc2n1. The molecule has 3 aromatic rings. The van der Waals surface area contributed by atoms with Gasteiger partial charge in [-0.3, -0.25) is 0 Å². The highest BCUT2D eigenvalue weighted by molar-refractivity contribution is 9.10. The Kier molecular flexibility index (Phi) is 2.53. The van der Waals surface area contributed by atoms with E-state index in [1.807, 2.05) is 36.5 Å². The summed E-state index contributed by atoms with van der Waals surface area (Å²) in [6.07, 6.45) is 3.51. The topological polar surface area (TPSA) is 39.4 Å². The van der Waals surface area contributed by atoms with Crippen molar-refractivity contribution in [2.24, 2.45) is 0 Å². The standard InChI is InChI=1S/C12H8BrN3O/c13-9-3-1-2-4-10(9)17-12-6-8-16-11(15-12)5-7-14-16/h1-8H. The fourth-order valence-electron chi connectivity index (χ4n) is 1.49. The molecule has 84 valence electrons. The average molecular weight is 290 g/mol. The molecule has 0 N–H and O–H groups in total. The minimum atomic E-state index is 0.546. The van der Waals surface area contributed by atoms with E-state index in [0.717, 1.165) is 15.9 Å². The van der Waals surface area contributed by atoms with Crippen molar-refractivity contribution < 1.29 is 4.74 Å². The Bertz CT molecular complexity index is 665. The first-order valence-electron chi connectivity index (χ1n) is 5.06. The normalized spacial score (nSPS) is 10.6. The molecule has 0 amide bonds. The van der Waals surface area contributed by atoms with Crippen LogP contribution in [-0.2, 0) is 0 Å². The van der Waals surface area contributed by atoms with Crippen LogP contribution >= 0.6 is 15.9 Å². The van der Waals surface area contributed by atoms with E-state index in [0.29, 0.717) is 5.88 Å². The highest BCUT2D eigenvalue weighted by Crippen LogP contribution is 2.28. The molecule has 1 aromatic carbocycles. The number of ether oxygens (including phenoxy) is 1. The molecular formula is C12H8BrN3O. The van der Waals surface area contributed by atoms with E-state index in [2.05, 4.69) is 26.0 Å². The molecule has 17 heavy (non-hydrogen) atoms. The predicted molar refractivity (Wildman–Crippen MR) is 67.2 cm³/mol. The summed E-state index contributed by atoms with van der Waals surface area (Å²) < 4.78 is 8.27. The zero-order chi connectivity index (χ0) is 11.7. The number of fused-ring (bicyclic) bond motifs is 1. The van der Waals surface area contributed by atoms with Crippen molar-refractivity contribution in [1.82, 2.24) is 14.6 Å². The van der Waals surface area contributed by atoms with Crippen LogP contribution in [-0.4, -0.2) is 14.6 Å². The lowest BCUT2D eigenvalue weighted by Gasteiger charge is -2.06. The van der Waals surface area contributed by atoms with Crippen molar-refractivity contribution in [3.8, 4) is 11.6 Å². The Labute approximate surface area is 106 Å². The third kappa shape index (κ3) is 2.01. The molecule has 5 heteroatoms. The van der Waals surface area contributed by atoms with Gasteiger partial charge in [-0.15, -0.1) is 0 Å². The number of hydrogen-bond acceptors (Lipinski definition) is 3. The van der Waals surface area contributed by atoms with Crippen molar-refractivity contribution in [1.29, 1.82) is 0 Å². The Balaban J connectivity index is 1.97. The zero-order valence-corrected chi connectivity index (χ0v) is 10.3. The molecular weight excluding hydrogens is 282 g/mol. The number of rotatable bonds is 2. The molecule has 0 atom stereocenters. The number of nitrogens with zero attached hydrogens (tertiary/aromatic N) is 3. The second kappa shape index (κ2) is 4.18. The molecule has 0 spiro atoms. The van der Waals surface area contributed by atoms with Crippen LogP contribution in [0.3, 0.4) is 0 Å². The average Bonchev–Trinajstić information content (AvgIpc) is 2.79. The molecule has 4 nitrogen and oxygen atoms in total. The molecule has 0 saturated heterocycles. The van der Waals surface area contributed by atoms with E-state index >= 15 is 0 Å². The molecule has 0 aliphatic rings. The van der Waals surface area contributed by atoms with E-state index in [1.54, 1.807) is 16.8 Å². The largest absolute Gasteiger partial charge is 0.438 e. The van der Waals surface area contributed by atoms with E-state index in [1.165, 1.54) is 0 Å². The number of para-hydroxylation sites is 1. The predicted octanol–water partition coefficient (Wildman–Crippen LogP) is 3.28. The van der Waals surface area contributed by atoms with Gasteiger partial charge in [0.15, 0.2) is 5.65 Å². The van der Waals surface area contributed by atoms with Crippen LogP contribution < -0.4 is 4.74 Å². The van der Waals surface area contributed by atoms with Crippen LogP contribution in [0.4, 0.5) is 0 Å². The summed E-state index contributed by atoms with van der Waals surface area (Å²) in [6.45, 7) is 0. The molecule has 2 aromatic heterocycles. The molecule has 0 fully saturated rings. The van der Waals surface area contributed by atoms with Gasteiger partial charge in [-0.05, 0) is 28.1 Å². The molecule has 0 aliphatic heterocycles. The van der Waals surface area contributed by atoms with Crippen LogP contribution in [0, 0.1) is 0 Å². The van der Waals surface area contributed by atoms with Gasteiger partial charge < -0.3 is 4.74 Å². The molecule has 0 aliphatic carbocycles. The Morgan fingerprint density at radius 3 is 2.88 bits per heavy atom. The third-order valence-electron chi connectivity index (χ3n) is 2.28. The van der Waals surface area contributed by atoms with Crippen molar-refractivity contribution in [2.45, 2.75) is 0 Å². The van der Waals surface area contributed by atoms with E-state index in [9.17, 15) is 0 Å². The van der Waals surface area contributed by atoms with Crippen molar-refractivity contribution in [2.75, 3.05) is 0 Å².